The molecule has 0 saturated heterocycles. The van der Waals surface area contributed by atoms with Crippen LogP contribution < -0.4 is 9.47 Å². The Morgan fingerprint density at radius 1 is 1.38 bits per heavy atom. The van der Waals surface area contributed by atoms with E-state index in [0.29, 0.717) is 0 Å². The summed E-state index contributed by atoms with van der Waals surface area (Å²) < 4.78 is 10.4. The Morgan fingerprint density at radius 2 is 2.15 bits per heavy atom. The maximum absolute atomic E-state index is 5.21. The number of methoxy groups -OCH3 is 2. The van der Waals surface area contributed by atoms with Crippen LogP contribution >= 0.6 is 15.9 Å². The molecule has 0 amide bonds. The van der Waals surface area contributed by atoms with E-state index in [1.165, 1.54) is 0 Å². The van der Waals surface area contributed by atoms with Gasteiger partial charge in [-0.2, -0.15) is 0 Å². The quantitative estimate of drug-likeness (QED) is 0.762. The highest BCUT2D eigenvalue weighted by Gasteiger charge is 2.09. The maximum Gasteiger partial charge on any atom is 0.182 e. The predicted octanol–water partition coefficient (Wildman–Crippen LogP) is 2.04. The Hall–Kier alpha value is -0.770. The number of aromatic nitrogens is 1. The summed E-state index contributed by atoms with van der Waals surface area (Å²) in [5.74, 6) is 1.46. The minimum Gasteiger partial charge on any atom is -0.493 e. The van der Waals surface area contributed by atoms with E-state index < -0.39 is 0 Å². The van der Waals surface area contributed by atoms with Crippen LogP contribution in [0.2, 0.25) is 0 Å². The third-order valence-electron chi connectivity index (χ3n) is 1.70. The van der Waals surface area contributed by atoms with Crippen LogP contribution in [-0.2, 0) is 6.42 Å². The summed E-state index contributed by atoms with van der Waals surface area (Å²) in [7, 11) is 3.24. The Balaban J connectivity index is 3.03. The molecule has 1 aromatic heterocycles. The lowest BCUT2D eigenvalue weighted by Crippen LogP contribution is -1.99. The highest BCUT2D eigenvalue weighted by atomic mass is 79.9. The van der Waals surface area contributed by atoms with Gasteiger partial charge in [0.25, 0.3) is 0 Å². The lowest BCUT2D eigenvalue weighted by Gasteiger charge is -2.10. The summed E-state index contributed by atoms with van der Waals surface area (Å²) in [6, 6.07) is 1.79. The van der Waals surface area contributed by atoms with Crippen LogP contribution in [0, 0.1) is 0 Å². The highest BCUT2D eigenvalue weighted by molar-refractivity contribution is 9.09. The fourth-order valence-corrected chi connectivity index (χ4v) is 1.49. The van der Waals surface area contributed by atoms with Crippen LogP contribution in [0.1, 0.15) is 5.69 Å². The maximum atomic E-state index is 5.21. The Morgan fingerprint density at radius 3 is 2.69 bits per heavy atom. The molecule has 0 atom stereocenters. The Bertz CT molecular complexity index is 278. The molecular formula is C9H12BrNO2. The van der Waals surface area contributed by atoms with Crippen molar-refractivity contribution in [1.82, 2.24) is 4.98 Å². The van der Waals surface area contributed by atoms with Crippen molar-refractivity contribution in [3.63, 3.8) is 0 Å². The van der Waals surface area contributed by atoms with Gasteiger partial charge >= 0.3 is 0 Å². The standard InChI is InChI=1S/C9H12BrNO2/c1-12-8-4-6-11-7(3-5-10)9(8)13-2/h4,6H,3,5H2,1-2H3. The van der Waals surface area contributed by atoms with Crippen molar-refractivity contribution >= 4 is 15.9 Å². The Kier molecular flexibility index (Phi) is 4.02. The largest absolute Gasteiger partial charge is 0.493 e. The molecule has 0 saturated carbocycles. The zero-order valence-corrected chi connectivity index (χ0v) is 9.30. The number of nitrogens with zero attached hydrogens (tertiary/aromatic N) is 1. The van der Waals surface area contributed by atoms with E-state index in [1.54, 1.807) is 26.5 Å². The molecule has 0 aliphatic carbocycles. The molecule has 0 aliphatic rings. The summed E-state index contributed by atoms with van der Waals surface area (Å²) in [5.41, 5.74) is 0.915. The summed E-state index contributed by atoms with van der Waals surface area (Å²) in [4.78, 5) is 4.21. The third kappa shape index (κ3) is 2.34. The number of hydrogen-bond acceptors (Lipinski definition) is 3. The zero-order chi connectivity index (χ0) is 9.68. The van der Waals surface area contributed by atoms with E-state index in [-0.39, 0.29) is 0 Å². The van der Waals surface area contributed by atoms with E-state index >= 15 is 0 Å². The van der Waals surface area contributed by atoms with Crippen LogP contribution in [0.25, 0.3) is 0 Å². The molecule has 1 aromatic rings. The summed E-state index contributed by atoms with van der Waals surface area (Å²) in [6.07, 6.45) is 2.56. The molecule has 3 nitrogen and oxygen atoms in total. The van der Waals surface area contributed by atoms with Crippen LogP contribution in [0.5, 0.6) is 11.5 Å². The van der Waals surface area contributed by atoms with Crippen molar-refractivity contribution in [2.75, 3.05) is 19.5 Å². The molecule has 0 aliphatic heterocycles. The number of halogens is 1. The molecular weight excluding hydrogens is 234 g/mol. The number of aryl methyl sites for hydroxylation is 1. The van der Waals surface area contributed by atoms with E-state index in [1.807, 2.05) is 0 Å². The van der Waals surface area contributed by atoms with E-state index in [0.717, 1.165) is 28.9 Å². The average Bonchev–Trinajstić information content (AvgIpc) is 2.18. The first-order valence-corrected chi connectivity index (χ1v) is 5.07. The number of ether oxygens (including phenoxy) is 2. The van der Waals surface area contributed by atoms with Crippen LogP contribution in [0.3, 0.4) is 0 Å². The fourth-order valence-electron chi connectivity index (χ4n) is 1.12. The molecule has 13 heavy (non-hydrogen) atoms. The van der Waals surface area contributed by atoms with Crippen molar-refractivity contribution in [2.45, 2.75) is 6.42 Å². The topological polar surface area (TPSA) is 31.4 Å². The molecule has 0 bridgehead atoms. The molecule has 4 heteroatoms. The van der Waals surface area contributed by atoms with Crippen molar-refractivity contribution in [1.29, 1.82) is 0 Å². The number of hydrogen-bond donors (Lipinski definition) is 0. The van der Waals surface area contributed by atoms with Crippen LogP contribution in [0.4, 0.5) is 0 Å². The van der Waals surface area contributed by atoms with Crippen LogP contribution in [-0.4, -0.2) is 24.5 Å². The first-order chi connectivity index (χ1) is 6.33. The van der Waals surface area contributed by atoms with E-state index in [9.17, 15) is 0 Å². The molecule has 0 spiro atoms. The normalized spacial score (nSPS) is 9.77. The number of alkyl halides is 1. The first kappa shape index (κ1) is 10.3. The predicted molar refractivity (Wildman–Crippen MR) is 54.8 cm³/mol. The summed E-state index contributed by atoms with van der Waals surface area (Å²) in [5, 5.41) is 0.865. The fraction of sp³-hybridized carbons (Fsp3) is 0.444. The van der Waals surface area contributed by atoms with Gasteiger partial charge in [-0.15, -0.1) is 0 Å². The van der Waals surface area contributed by atoms with Gasteiger partial charge in [0.15, 0.2) is 11.5 Å². The third-order valence-corrected chi connectivity index (χ3v) is 2.09. The van der Waals surface area contributed by atoms with Gasteiger partial charge in [0.1, 0.15) is 0 Å². The molecule has 1 rings (SSSR count). The molecule has 0 aromatic carbocycles. The summed E-state index contributed by atoms with van der Waals surface area (Å²) >= 11 is 3.36. The molecule has 0 N–H and O–H groups in total. The average molecular weight is 246 g/mol. The smallest absolute Gasteiger partial charge is 0.182 e. The lowest BCUT2D eigenvalue weighted by molar-refractivity contribution is 0.350. The number of pyridine rings is 1. The first-order valence-electron chi connectivity index (χ1n) is 3.95. The minimum atomic E-state index is 0.726. The highest BCUT2D eigenvalue weighted by Crippen LogP contribution is 2.29. The minimum absolute atomic E-state index is 0.726. The lowest BCUT2D eigenvalue weighted by atomic mass is 10.2. The number of rotatable bonds is 4. The van der Waals surface area contributed by atoms with Crippen molar-refractivity contribution in [3.8, 4) is 11.5 Å². The zero-order valence-electron chi connectivity index (χ0n) is 7.71. The van der Waals surface area contributed by atoms with Gasteiger partial charge in [0, 0.05) is 24.0 Å². The Labute approximate surface area is 86.2 Å². The van der Waals surface area contributed by atoms with Gasteiger partial charge in [-0.3, -0.25) is 4.98 Å². The molecule has 0 radical (unpaired) electrons. The SMILES string of the molecule is COc1ccnc(CCBr)c1OC. The van der Waals surface area contributed by atoms with Crippen LogP contribution in [0.15, 0.2) is 12.3 Å². The second kappa shape index (κ2) is 5.07. The van der Waals surface area contributed by atoms with Gasteiger partial charge < -0.3 is 9.47 Å². The molecule has 72 valence electrons. The van der Waals surface area contributed by atoms with Gasteiger partial charge in [0.2, 0.25) is 0 Å². The second-order valence-electron chi connectivity index (χ2n) is 2.43. The van der Waals surface area contributed by atoms with E-state index in [2.05, 4.69) is 20.9 Å². The van der Waals surface area contributed by atoms with E-state index in [4.69, 9.17) is 9.47 Å². The molecule has 1 heterocycles. The van der Waals surface area contributed by atoms with Gasteiger partial charge in [-0.25, -0.2) is 0 Å². The van der Waals surface area contributed by atoms with Crippen molar-refractivity contribution in [2.24, 2.45) is 0 Å². The van der Waals surface area contributed by atoms with Gasteiger partial charge in [0.05, 0.1) is 19.9 Å². The monoisotopic (exact) mass is 245 g/mol. The molecule has 0 fully saturated rings. The van der Waals surface area contributed by atoms with Gasteiger partial charge in [-0.05, 0) is 0 Å². The van der Waals surface area contributed by atoms with Gasteiger partial charge in [-0.1, -0.05) is 15.9 Å². The second-order valence-corrected chi connectivity index (χ2v) is 3.23. The van der Waals surface area contributed by atoms with Crippen molar-refractivity contribution < 1.29 is 9.47 Å². The summed E-state index contributed by atoms with van der Waals surface area (Å²) in [6.45, 7) is 0. The molecule has 0 unspecified atom stereocenters. The van der Waals surface area contributed by atoms with Crippen molar-refractivity contribution in [3.05, 3.63) is 18.0 Å².